The monoisotopic (exact) mass is 268 g/mol. The van der Waals surface area contributed by atoms with E-state index in [1.54, 1.807) is 0 Å². The molecule has 0 saturated carbocycles. The number of rotatable bonds is 4. The number of alkyl halides is 1. The SMILES string of the molecule is CC(C)C(c1ccccc1)C(C)(C)CBr. The van der Waals surface area contributed by atoms with Crippen molar-refractivity contribution in [2.24, 2.45) is 11.3 Å². The van der Waals surface area contributed by atoms with Gasteiger partial charge in [-0.05, 0) is 22.8 Å². The maximum absolute atomic E-state index is 3.64. The summed E-state index contributed by atoms with van der Waals surface area (Å²) >= 11 is 3.64. The molecule has 0 fully saturated rings. The second kappa shape index (κ2) is 5.16. The largest absolute Gasteiger partial charge is 0.0922 e. The quantitative estimate of drug-likeness (QED) is 0.685. The predicted molar refractivity (Wildman–Crippen MR) is 71.6 cm³/mol. The van der Waals surface area contributed by atoms with Gasteiger partial charge in [0.05, 0.1) is 0 Å². The Balaban J connectivity index is 3.04. The van der Waals surface area contributed by atoms with Gasteiger partial charge in [0.1, 0.15) is 0 Å². The molecule has 0 aliphatic rings. The fourth-order valence-corrected chi connectivity index (χ4v) is 2.83. The highest BCUT2D eigenvalue weighted by Crippen LogP contribution is 2.41. The van der Waals surface area contributed by atoms with Crippen LogP contribution in [-0.4, -0.2) is 5.33 Å². The van der Waals surface area contributed by atoms with Crippen LogP contribution in [0.1, 0.15) is 39.2 Å². The summed E-state index contributed by atoms with van der Waals surface area (Å²) in [5.41, 5.74) is 1.76. The van der Waals surface area contributed by atoms with Crippen LogP contribution in [0.2, 0.25) is 0 Å². The van der Waals surface area contributed by atoms with E-state index in [0.29, 0.717) is 17.3 Å². The second-order valence-corrected chi connectivity index (χ2v) is 5.82. The molecular weight excluding hydrogens is 248 g/mol. The summed E-state index contributed by atoms with van der Waals surface area (Å²) < 4.78 is 0. The van der Waals surface area contributed by atoms with E-state index in [4.69, 9.17) is 0 Å². The van der Waals surface area contributed by atoms with Crippen LogP contribution in [0.3, 0.4) is 0 Å². The minimum atomic E-state index is 0.301. The van der Waals surface area contributed by atoms with Crippen molar-refractivity contribution in [3.63, 3.8) is 0 Å². The lowest BCUT2D eigenvalue weighted by Gasteiger charge is -2.36. The van der Waals surface area contributed by atoms with Crippen molar-refractivity contribution in [2.45, 2.75) is 33.6 Å². The Morgan fingerprint density at radius 3 is 2.07 bits per heavy atom. The summed E-state index contributed by atoms with van der Waals surface area (Å²) in [5.74, 6) is 1.28. The van der Waals surface area contributed by atoms with Crippen molar-refractivity contribution in [3.05, 3.63) is 35.9 Å². The van der Waals surface area contributed by atoms with Gasteiger partial charge in [0.15, 0.2) is 0 Å². The van der Waals surface area contributed by atoms with Crippen LogP contribution in [-0.2, 0) is 0 Å². The Hall–Kier alpha value is -0.300. The standard InChI is InChI=1S/C14H21Br/c1-11(2)13(14(3,4)10-15)12-8-6-5-7-9-12/h5-9,11,13H,10H2,1-4H3. The minimum Gasteiger partial charge on any atom is -0.0922 e. The molecule has 0 amide bonds. The van der Waals surface area contributed by atoms with Gasteiger partial charge in [-0.2, -0.15) is 0 Å². The average molecular weight is 269 g/mol. The summed E-state index contributed by atoms with van der Waals surface area (Å²) in [6, 6.07) is 10.8. The Morgan fingerprint density at radius 2 is 1.67 bits per heavy atom. The van der Waals surface area contributed by atoms with Crippen molar-refractivity contribution in [1.82, 2.24) is 0 Å². The van der Waals surface area contributed by atoms with Gasteiger partial charge in [-0.3, -0.25) is 0 Å². The third-order valence-electron chi connectivity index (χ3n) is 3.01. The molecule has 0 N–H and O–H groups in total. The molecule has 0 bridgehead atoms. The molecule has 1 atom stereocenters. The average Bonchev–Trinajstić information content (AvgIpc) is 2.18. The Kier molecular flexibility index (Phi) is 4.39. The smallest absolute Gasteiger partial charge is 0.00886 e. The first kappa shape index (κ1) is 12.8. The molecular formula is C14H21Br. The fourth-order valence-electron chi connectivity index (χ4n) is 2.48. The zero-order valence-corrected chi connectivity index (χ0v) is 11.7. The predicted octanol–water partition coefficient (Wildman–Crippen LogP) is 4.85. The zero-order valence-electron chi connectivity index (χ0n) is 10.1. The summed E-state index contributed by atoms with van der Waals surface area (Å²) in [7, 11) is 0. The lowest BCUT2D eigenvalue weighted by Crippen LogP contribution is -2.27. The summed E-state index contributed by atoms with van der Waals surface area (Å²) in [4.78, 5) is 0. The minimum absolute atomic E-state index is 0.301. The first-order valence-electron chi connectivity index (χ1n) is 5.60. The van der Waals surface area contributed by atoms with E-state index in [0.717, 1.165) is 5.33 Å². The highest BCUT2D eigenvalue weighted by molar-refractivity contribution is 9.09. The van der Waals surface area contributed by atoms with E-state index < -0.39 is 0 Å². The van der Waals surface area contributed by atoms with Gasteiger partial charge in [-0.25, -0.2) is 0 Å². The van der Waals surface area contributed by atoms with Gasteiger partial charge >= 0.3 is 0 Å². The molecule has 0 saturated heterocycles. The Morgan fingerprint density at radius 1 is 1.13 bits per heavy atom. The van der Waals surface area contributed by atoms with E-state index in [2.05, 4.69) is 74.0 Å². The van der Waals surface area contributed by atoms with E-state index in [9.17, 15) is 0 Å². The molecule has 0 radical (unpaired) electrons. The van der Waals surface area contributed by atoms with E-state index in [-0.39, 0.29) is 0 Å². The van der Waals surface area contributed by atoms with E-state index in [1.807, 2.05) is 0 Å². The molecule has 0 aromatic heterocycles. The Labute approximate surface area is 102 Å². The fraction of sp³-hybridized carbons (Fsp3) is 0.571. The number of hydrogen-bond donors (Lipinski definition) is 0. The van der Waals surface area contributed by atoms with Gasteiger partial charge in [0, 0.05) is 5.33 Å². The summed E-state index contributed by atoms with van der Waals surface area (Å²) in [5, 5.41) is 1.04. The molecule has 84 valence electrons. The molecule has 1 unspecified atom stereocenters. The first-order chi connectivity index (χ1) is 6.99. The highest BCUT2D eigenvalue weighted by atomic mass is 79.9. The summed E-state index contributed by atoms with van der Waals surface area (Å²) in [6.07, 6.45) is 0. The Bertz CT molecular complexity index is 287. The molecule has 0 nitrogen and oxygen atoms in total. The molecule has 1 aromatic rings. The van der Waals surface area contributed by atoms with Crippen LogP contribution in [0.5, 0.6) is 0 Å². The maximum atomic E-state index is 3.64. The molecule has 15 heavy (non-hydrogen) atoms. The van der Waals surface area contributed by atoms with Crippen LogP contribution in [0, 0.1) is 11.3 Å². The van der Waals surface area contributed by atoms with Gasteiger partial charge in [0.2, 0.25) is 0 Å². The molecule has 0 spiro atoms. The van der Waals surface area contributed by atoms with Crippen LogP contribution >= 0.6 is 15.9 Å². The highest BCUT2D eigenvalue weighted by Gasteiger charge is 2.31. The molecule has 1 rings (SSSR count). The maximum Gasteiger partial charge on any atom is 0.00886 e. The van der Waals surface area contributed by atoms with Gasteiger partial charge < -0.3 is 0 Å². The number of halogens is 1. The zero-order chi connectivity index (χ0) is 11.5. The molecule has 0 aliphatic carbocycles. The molecule has 0 aliphatic heterocycles. The lowest BCUT2D eigenvalue weighted by molar-refractivity contribution is 0.266. The third kappa shape index (κ3) is 3.07. The second-order valence-electron chi connectivity index (χ2n) is 5.25. The van der Waals surface area contributed by atoms with Crippen LogP contribution in [0.4, 0.5) is 0 Å². The number of benzene rings is 1. The van der Waals surface area contributed by atoms with Crippen molar-refractivity contribution in [2.75, 3.05) is 5.33 Å². The number of hydrogen-bond acceptors (Lipinski definition) is 0. The van der Waals surface area contributed by atoms with E-state index >= 15 is 0 Å². The van der Waals surface area contributed by atoms with Gasteiger partial charge in [-0.1, -0.05) is 74.0 Å². The summed E-state index contributed by atoms with van der Waals surface area (Å²) in [6.45, 7) is 9.28. The third-order valence-corrected chi connectivity index (χ3v) is 4.46. The van der Waals surface area contributed by atoms with Crippen molar-refractivity contribution in [3.8, 4) is 0 Å². The van der Waals surface area contributed by atoms with Gasteiger partial charge in [0.25, 0.3) is 0 Å². The topological polar surface area (TPSA) is 0 Å². The normalized spacial score (nSPS) is 14.3. The molecule has 1 heteroatoms. The van der Waals surface area contributed by atoms with Crippen LogP contribution in [0.15, 0.2) is 30.3 Å². The van der Waals surface area contributed by atoms with Crippen molar-refractivity contribution < 1.29 is 0 Å². The van der Waals surface area contributed by atoms with Crippen LogP contribution < -0.4 is 0 Å². The molecule has 0 heterocycles. The van der Waals surface area contributed by atoms with Crippen molar-refractivity contribution in [1.29, 1.82) is 0 Å². The molecule has 1 aromatic carbocycles. The first-order valence-corrected chi connectivity index (χ1v) is 6.72. The van der Waals surface area contributed by atoms with E-state index in [1.165, 1.54) is 5.56 Å². The van der Waals surface area contributed by atoms with Crippen LogP contribution in [0.25, 0.3) is 0 Å². The van der Waals surface area contributed by atoms with Crippen molar-refractivity contribution >= 4 is 15.9 Å². The van der Waals surface area contributed by atoms with Gasteiger partial charge in [-0.15, -0.1) is 0 Å². The lowest BCUT2D eigenvalue weighted by atomic mass is 9.70.